The molecule has 0 saturated heterocycles. The van der Waals surface area contributed by atoms with Crippen LogP contribution in [0.25, 0.3) is 10.8 Å². The van der Waals surface area contributed by atoms with Crippen LogP contribution in [-0.2, 0) is 4.79 Å². The molecule has 1 aromatic carbocycles. The SMILES string of the molecule is C=CC(=O)Oc1ccc2cnccc2c1F. The molecule has 0 aliphatic rings. The summed E-state index contributed by atoms with van der Waals surface area (Å²) in [5.41, 5.74) is 0. The highest BCUT2D eigenvalue weighted by atomic mass is 19.1. The van der Waals surface area contributed by atoms with Crippen LogP contribution in [0, 0.1) is 5.82 Å². The van der Waals surface area contributed by atoms with Gasteiger partial charge >= 0.3 is 5.97 Å². The zero-order valence-corrected chi connectivity index (χ0v) is 8.31. The van der Waals surface area contributed by atoms with Crippen molar-refractivity contribution in [2.45, 2.75) is 0 Å². The summed E-state index contributed by atoms with van der Waals surface area (Å²) in [6, 6.07) is 4.55. The summed E-state index contributed by atoms with van der Waals surface area (Å²) in [4.78, 5) is 14.8. The number of aromatic nitrogens is 1. The summed E-state index contributed by atoms with van der Waals surface area (Å²) >= 11 is 0. The molecular formula is C12H8FNO2. The summed E-state index contributed by atoms with van der Waals surface area (Å²) in [6.07, 6.45) is 4.00. The fourth-order valence-corrected chi connectivity index (χ4v) is 1.34. The minimum absolute atomic E-state index is 0.108. The molecule has 0 N–H and O–H groups in total. The van der Waals surface area contributed by atoms with Crippen LogP contribution in [-0.4, -0.2) is 11.0 Å². The largest absolute Gasteiger partial charge is 0.420 e. The van der Waals surface area contributed by atoms with Gasteiger partial charge < -0.3 is 4.74 Å². The fourth-order valence-electron chi connectivity index (χ4n) is 1.34. The van der Waals surface area contributed by atoms with E-state index in [1.807, 2.05) is 0 Å². The molecule has 0 unspecified atom stereocenters. The van der Waals surface area contributed by atoms with Crippen molar-refractivity contribution in [2.75, 3.05) is 0 Å². The summed E-state index contributed by atoms with van der Waals surface area (Å²) < 4.78 is 18.6. The molecule has 4 heteroatoms. The average molecular weight is 217 g/mol. The van der Waals surface area contributed by atoms with Crippen molar-refractivity contribution in [1.29, 1.82) is 0 Å². The molecule has 0 bridgehead atoms. The van der Waals surface area contributed by atoms with Crippen molar-refractivity contribution in [3.8, 4) is 5.75 Å². The lowest BCUT2D eigenvalue weighted by Gasteiger charge is -2.05. The van der Waals surface area contributed by atoms with Crippen LogP contribution < -0.4 is 4.74 Å². The number of pyridine rings is 1. The summed E-state index contributed by atoms with van der Waals surface area (Å²) in [7, 11) is 0. The second kappa shape index (κ2) is 4.10. The van der Waals surface area contributed by atoms with Gasteiger partial charge in [-0.3, -0.25) is 4.98 Å². The van der Waals surface area contributed by atoms with E-state index in [0.29, 0.717) is 10.8 Å². The summed E-state index contributed by atoms with van der Waals surface area (Å²) in [6.45, 7) is 3.24. The number of halogens is 1. The monoisotopic (exact) mass is 217 g/mol. The molecule has 1 heterocycles. The first kappa shape index (κ1) is 10.3. The second-order valence-electron chi connectivity index (χ2n) is 3.10. The molecule has 2 aromatic rings. The third kappa shape index (κ3) is 1.77. The highest BCUT2D eigenvalue weighted by molar-refractivity contribution is 5.87. The molecule has 0 saturated carbocycles. The van der Waals surface area contributed by atoms with E-state index in [1.165, 1.54) is 24.5 Å². The zero-order chi connectivity index (χ0) is 11.5. The van der Waals surface area contributed by atoms with Crippen LogP contribution in [0.3, 0.4) is 0 Å². The van der Waals surface area contributed by atoms with Gasteiger partial charge in [-0.05, 0) is 18.2 Å². The molecule has 0 spiro atoms. The quantitative estimate of drug-likeness (QED) is 0.440. The molecule has 16 heavy (non-hydrogen) atoms. The summed E-state index contributed by atoms with van der Waals surface area (Å²) in [5.74, 6) is -1.37. The number of esters is 1. The number of benzene rings is 1. The van der Waals surface area contributed by atoms with E-state index in [9.17, 15) is 9.18 Å². The number of rotatable bonds is 2. The van der Waals surface area contributed by atoms with Crippen LogP contribution in [0.2, 0.25) is 0 Å². The van der Waals surface area contributed by atoms with E-state index >= 15 is 0 Å². The maximum Gasteiger partial charge on any atom is 0.335 e. The summed E-state index contributed by atoms with van der Waals surface area (Å²) in [5, 5.41) is 1.02. The molecule has 0 aliphatic carbocycles. The minimum Gasteiger partial charge on any atom is -0.420 e. The number of carbonyl (C=O) groups is 1. The normalized spacial score (nSPS) is 10.1. The predicted molar refractivity (Wildman–Crippen MR) is 57.5 cm³/mol. The van der Waals surface area contributed by atoms with Crippen molar-refractivity contribution < 1.29 is 13.9 Å². The number of fused-ring (bicyclic) bond motifs is 1. The van der Waals surface area contributed by atoms with Crippen LogP contribution in [0.5, 0.6) is 5.75 Å². The van der Waals surface area contributed by atoms with Gasteiger partial charge in [0, 0.05) is 29.2 Å². The van der Waals surface area contributed by atoms with Crippen LogP contribution in [0.15, 0.2) is 43.2 Å². The van der Waals surface area contributed by atoms with E-state index in [4.69, 9.17) is 4.74 Å². The Kier molecular flexibility index (Phi) is 2.64. The van der Waals surface area contributed by atoms with E-state index in [1.54, 1.807) is 6.07 Å². The number of nitrogens with zero attached hydrogens (tertiary/aromatic N) is 1. The Morgan fingerprint density at radius 3 is 3.00 bits per heavy atom. The van der Waals surface area contributed by atoms with Crippen molar-refractivity contribution in [3.63, 3.8) is 0 Å². The molecule has 2 rings (SSSR count). The maximum absolute atomic E-state index is 13.8. The van der Waals surface area contributed by atoms with Gasteiger partial charge in [-0.25, -0.2) is 9.18 Å². The molecule has 0 radical (unpaired) electrons. The van der Waals surface area contributed by atoms with E-state index in [-0.39, 0.29) is 5.75 Å². The van der Waals surface area contributed by atoms with Gasteiger partial charge in [0.1, 0.15) is 0 Å². The number of carbonyl (C=O) groups excluding carboxylic acids is 1. The standard InChI is InChI=1S/C12H8FNO2/c1-2-11(15)16-10-4-3-8-7-14-6-5-9(8)12(10)13/h2-7H,1H2. The van der Waals surface area contributed by atoms with Crippen LogP contribution >= 0.6 is 0 Å². The van der Waals surface area contributed by atoms with Crippen molar-refractivity contribution in [2.24, 2.45) is 0 Å². The lowest BCUT2D eigenvalue weighted by Crippen LogP contribution is -2.04. The molecular weight excluding hydrogens is 209 g/mol. The molecule has 80 valence electrons. The fraction of sp³-hybridized carbons (Fsp3) is 0. The Labute approximate surface area is 91.2 Å². The average Bonchev–Trinajstić information content (AvgIpc) is 2.33. The van der Waals surface area contributed by atoms with Gasteiger partial charge in [0.05, 0.1) is 0 Å². The molecule has 0 atom stereocenters. The topological polar surface area (TPSA) is 39.2 Å². The van der Waals surface area contributed by atoms with Crippen molar-refractivity contribution in [3.05, 3.63) is 49.1 Å². The molecule has 3 nitrogen and oxygen atoms in total. The Balaban J connectivity index is 2.52. The lowest BCUT2D eigenvalue weighted by molar-refractivity contribution is -0.129. The maximum atomic E-state index is 13.8. The van der Waals surface area contributed by atoms with Gasteiger partial charge in [0.2, 0.25) is 0 Å². The Hall–Kier alpha value is -2.23. The zero-order valence-electron chi connectivity index (χ0n) is 8.31. The van der Waals surface area contributed by atoms with Gasteiger partial charge in [-0.2, -0.15) is 0 Å². The predicted octanol–water partition coefficient (Wildman–Crippen LogP) is 2.47. The third-order valence-corrected chi connectivity index (χ3v) is 2.10. The smallest absolute Gasteiger partial charge is 0.335 e. The Morgan fingerprint density at radius 2 is 2.25 bits per heavy atom. The second-order valence-corrected chi connectivity index (χ2v) is 3.10. The molecule has 0 aliphatic heterocycles. The van der Waals surface area contributed by atoms with Crippen molar-refractivity contribution >= 4 is 16.7 Å². The first-order valence-corrected chi connectivity index (χ1v) is 4.59. The number of ether oxygens (including phenoxy) is 1. The van der Waals surface area contributed by atoms with Gasteiger partial charge in [-0.1, -0.05) is 6.58 Å². The van der Waals surface area contributed by atoms with Crippen molar-refractivity contribution in [1.82, 2.24) is 4.98 Å². The molecule has 0 amide bonds. The number of hydrogen-bond donors (Lipinski definition) is 0. The first-order chi connectivity index (χ1) is 7.72. The third-order valence-electron chi connectivity index (χ3n) is 2.10. The van der Waals surface area contributed by atoms with Gasteiger partial charge in [-0.15, -0.1) is 0 Å². The first-order valence-electron chi connectivity index (χ1n) is 4.59. The number of hydrogen-bond acceptors (Lipinski definition) is 3. The lowest BCUT2D eigenvalue weighted by atomic mass is 10.1. The highest BCUT2D eigenvalue weighted by Crippen LogP contribution is 2.25. The van der Waals surface area contributed by atoms with E-state index < -0.39 is 11.8 Å². The highest BCUT2D eigenvalue weighted by Gasteiger charge is 2.10. The van der Waals surface area contributed by atoms with Gasteiger partial charge in [0.15, 0.2) is 11.6 Å². The Morgan fingerprint density at radius 1 is 1.44 bits per heavy atom. The minimum atomic E-state index is -0.688. The molecule has 0 fully saturated rings. The van der Waals surface area contributed by atoms with Gasteiger partial charge in [0.25, 0.3) is 0 Å². The van der Waals surface area contributed by atoms with E-state index in [2.05, 4.69) is 11.6 Å². The van der Waals surface area contributed by atoms with Crippen LogP contribution in [0.1, 0.15) is 0 Å². The van der Waals surface area contributed by atoms with Crippen LogP contribution in [0.4, 0.5) is 4.39 Å². The molecule has 1 aromatic heterocycles. The van der Waals surface area contributed by atoms with E-state index in [0.717, 1.165) is 6.08 Å². The Bertz CT molecular complexity index is 566.